The molecule has 0 heterocycles. The fourth-order valence-corrected chi connectivity index (χ4v) is 2.11. The lowest BCUT2D eigenvalue weighted by atomic mass is 9.95. The zero-order valence-electron chi connectivity index (χ0n) is 9.54. The predicted octanol–water partition coefficient (Wildman–Crippen LogP) is 2.61. The first kappa shape index (κ1) is 14.2. The lowest BCUT2D eigenvalue weighted by Gasteiger charge is -2.16. The van der Waals surface area contributed by atoms with E-state index in [1.165, 1.54) is 0 Å². The van der Waals surface area contributed by atoms with Gasteiger partial charge in [-0.2, -0.15) is 0 Å². The lowest BCUT2D eigenvalue weighted by molar-refractivity contribution is 0.483. The molecule has 2 N–H and O–H groups in total. The number of nitrogens with two attached hydrogens (primary N) is 1. The number of halogens is 3. The summed E-state index contributed by atoms with van der Waals surface area (Å²) in [4.78, 5) is 0. The van der Waals surface area contributed by atoms with Gasteiger partial charge < -0.3 is 0 Å². The maximum atomic E-state index is 13.4. The molecule has 1 aromatic rings. The van der Waals surface area contributed by atoms with Gasteiger partial charge in [-0.15, -0.1) is 0 Å². The zero-order chi connectivity index (χ0) is 13.2. The van der Waals surface area contributed by atoms with Gasteiger partial charge in [0.25, 0.3) is 0 Å². The molecule has 1 rings (SSSR count). The summed E-state index contributed by atoms with van der Waals surface area (Å²) in [5, 5.41) is 4.86. The maximum absolute atomic E-state index is 13.4. The van der Waals surface area contributed by atoms with Crippen LogP contribution in [0.4, 0.5) is 13.2 Å². The van der Waals surface area contributed by atoms with E-state index < -0.39 is 28.4 Å². The number of rotatable bonds is 4. The molecule has 0 radical (unpaired) electrons. The molecule has 2 unspecified atom stereocenters. The molecular formula is C11H14F3NOS. The second kappa shape index (κ2) is 5.64. The summed E-state index contributed by atoms with van der Waals surface area (Å²) in [6.07, 6.45) is 0.338. The van der Waals surface area contributed by atoms with Crippen LogP contribution >= 0.6 is 0 Å². The summed E-state index contributed by atoms with van der Waals surface area (Å²) >= 11 is 0. The van der Waals surface area contributed by atoms with Crippen LogP contribution in [0.1, 0.15) is 31.7 Å². The molecule has 6 heteroatoms. The Kier molecular flexibility index (Phi) is 4.70. The van der Waals surface area contributed by atoms with Crippen molar-refractivity contribution in [3.8, 4) is 0 Å². The largest absolute Gasteiger partial charge is 0.252 e. The number of hydrogen-bond donors (Lipinski definition) is 1. The summed E-state index contributed by atoms with van der Waals surface area (Å²) in [7, 11) is -1.51. The Hall–Kier alpha value is -0.880. The van der Waals surface area contributed by atoms with Crippen molar-refractivity contribution >= 4 is 11.0 Å². The molecule has 0 aliphatic carbocycles. The van der Waals surface area contributed by atoms with Crippen molar-refractivity contribution in [3.63, 3.8) is 0 Å². The molecular weight excluding hydrogens is 251 g/mol. The third kappa shape index (κ3) is 3.54. The minimum absolute atomic E-state index is 0.0706. The topological polar surface area (TPSA) is 43.1 Å². The summed E-state index contributed by atoms with van der Waals surface area (Å²) in [6, 6.07) is 1.35. The Morgan fingerprint density at radius 1 is 1.18 bits per heavy atom. The van der Waals surface area contributed by atoms with Crippen molar-refractivity contribution in [2.75, 3.05) is 0 Å². The molecule has 0 fully saturated rings. The quantitative estimate of drug-likeness (QED) is 0.835. The summed E-state index contributed by atoms with van der Waals surface area (Å²) in [5.41, 5.74) is 0.0706. The summed E-state index contributed by atoms with van der Waals surface area (Å²) in [5.74, 6) is -3.48. The highest BCUT2D eigenvalue weighted by molar-refractivity contribution is 7.83. The van der Waals surface area contributed by atoms with Crippen LogP contribution in [0.3, 0.4) is 0 Å². The van der Waals surface area contributed by atoms with E-state index in [0.29, 0.717) is 12.5 Å². The van der Waals surface area contributed by atoms with E-state index in [1.54, 1.807) is 13.8 Å². The molecule has 0 spiro atoms. The second-order valence-electron chi connectivity index (χ2n) is 4.06. The Balaban J connectivity index is 2.92. The van der Waals surface area contributed by atoms with Crippen LogP contribution in [-0.4, -0.2) is 9.46 Å². The third-order valence-electron chi connectivity index (χ3n) is 2.65. The van der Waals surface area contributed by atoms with Crippen LogP contribution in [-0.2, 0) is 11.0 Å². The van der Waals surface area contributed by atoms with Gasteiger partial charge in [0.1, 0.15) is 5.82 Å². The number of benzene rings is 1. The lowest BCUT2D eigenvalue weighted by Crippen LogP contribution is -2.20. The van der Waals surface area contributed by atoms with Crippen molar-refractivity contribution in [1.29, 1.82) is 0 Å². The van der Waals surface area contributed by atoms with Crippen LogP contribution in [0.15, 0.2) is 12.1 Å². The molecule has 0 amide bonds. The van der Waals surface area contributed by atoms with Crippen molar-refractivity contribution in [1.82, 2.24) is 0 Å². The van der Waals surface area contributed by atoms with E-state index in [-0.39, 0.29) is 16.7 Å². The molecule has 0 aliphatic rings. The van der Waals surface area contributed by atoms with Crippen molar-refractivity contribution in [2.24, 2.45) is 5.14 Å². The van der Waals surface area contributed by atoms with Gasteiger partial charge >= 0.3 is 0 Å². The molecule has 0 saturated carbocycles. The SMILES string of the molecule is CC(C[C@H](C)c1cc(F)c(F)cc1F)S(N)=O. The van der Waals surface area contributed by atoms with E-state index in [9.17, 15) is 17.4 Å². The minimum Gasteiger partial charge on any atom is -0.252 e. The Morgan fingerprint density at radius 2 is 1.71 bits per heavy atom. The average Bonchev–Trinajstić information content (AvgIpc) is 2.22. The third-order valence-corrected chi connectivity index (χ3v) is 3.64. The van der Waals surface area contributed by atoms with Gasteiger partial charge in [-0.1, -0.05) is 6.92 Å². The number of hydrogen-bond acceptors (Lipinski definition) is 1. The first-order valence-electron chi connectivity index (χ1n) is 5.12. The van der Waals surface area contributed by atoms with Crippen LogP contribution in [0.5, 0.6) is 0 Å². The Bertz CT molecular complexity index is 439. The van der Waals surface area contributed by atoms with Gasteiger partial charge in [0, 0.05) is 11.3 Å². The van der Waals surface area contributed by atoms with Crippen LogP contribution in [0, 0.1) is 17.5 Å². The highest BCUT2D eigenvalue weighted by Crippen LogP contribution is 2.26. The zero-order valence-corrected chi connectivity index (χ0v) is 10.4. The predicted molar refractivity (Wildman–Crippen MR) is 61.1 cm³/mol. The average molecular weight is 265 g/mol. The fraction of sp³-hybridized carbons (Fsp3) is 0.455. The van der Waals surface area contributed by atoms with Gasteiger partial charge in [0.05, 0.1) is 11.0 Å². The van der Waals surface area contributed by atoms with E-state index >= 15 is 0 Å². The molecule has 0 aliphatic heterocycles. The van der Waals surface area contributed by atoms with Crippen molar-refractivity contribution < 1.29 is 17.4 Å². The molecule has 96 valence electrons. The van der Waals surface area contributed by atoms with Crippen LogP contribution < -0.4 is 5.14 Å². The van der Waals surface area contributed by atoms with Gasteiger partial charge in [-0.25, -0.2) is 17.4 Å². The highest BCUT2D eigenvalue weighted by Gasteiger charge is 2.19. The minimum atomic E-state index is -1.51. The molecule has 0 saturated heterocycles. The first-order valence-corrected chi connectivity index (χ1v) is 6.40. The monoisotopic (exact) mass is 265 g/mol. The first-order chi connectivity index (χ1) is 7.82. The fourth-order valence-electron chi connectivity index (χ4n) is 1.64. The van der Waals surface area contributed by atoms with E-state index in [4.69, 9.17) is 5.14 Å². The maximum Gasteiger partial charge on any atom is 0.161 e. The van der Waals surface area contributed by atoms with Crippen molar-refractivity contribution in [3.05, 3.63) is 35.1 Å². The molecule has 3 atom stereocenters. The van der Waals surface area contributed by atoms with Crippen LogP contribution in [0.2, 0.25) is 0 Å². The second-order valence-corrected chi connectivity index (χ2v) is 5.53. The normalized spacial score (nSPS) is 16.6. The van der Waals surface area contributed by atoms with Gasteiger partial charge in [0.2, 0.25) is 0 Å². The molecule has 17 heavy (non-hydrogen) atoms. The van der Waals surface area contributed by atoms with E-state index in [1.807, 2.05) is 0 Å². The molecule has 0 bridgehead atoms. The summed E-state index contributed by atoms with van der Waals surface area (Å²) < 4.78 is 50.1. The van der Waals surface area contributed by atoms with Gasteiger partial charge in [-0.05, 0) is 30.9 Å². The Labute approximate surface area is 101 Å². The Morgan fingerprint density at radius 3 is 2.24 bits per heavy atom. The van der Waals surface area contributed by atoms with Gasteiger partial charge in [0.15, 0.2) is 11.6 Å². The molecule has 0 aromatic heterocycles. The molecule has 2 nitrogen and oxygen atoms in total. The van der Waals surface area contributed by atoms with Gasteiger partial charge in [-0.3, -0.25) is 5.14 Å². The summed E-state index contributed by atoms with van der Waals surface area (Å²) in [6.45, 7) is 3.31. The van der Waals surface area contributed by atoms with Crippen molar-refractivity contribution in [2.45, 2.75) is 31.4 Å². The standard InChI is InChI=1S/C11H14F3NOS/c1-6(3-7(2)17(15)16)8-4-10(13)11(14)5-9(8)12/h4-7H,3,15H2,1-2H3/t6-,7?,17?/m0/s1. The van der Waals surface area contributed by atoms with Crippen LogP contribution in [0.25, 0.3) is 0 Å². The molecule has 1 aromatic carbocycles. The van der Waals surface area contributed by atoms with E-state index in [2.05, 4.69) is 0 Å². The smallest absolute Gasteiger partial charge is 0.161 e. The highest BCUT2D eigenvalue weighted by atomic mass is 32.2. The van der Waals surface area contributed by atoms with E-state index in [0.717, 1.165) is 6.07 Å².